The number of nitrogens with zero attached hydrogens (tertiary/aromatic N) is 1. The third-order valence-corrected chi connectivity index (χ3v) is 3.74. The van der Waals surface area contributed by atoms with Crippen molar-refractivity contribution in [1.29, 1.82) is 0 Å². The minimum Gasteiger partial charge on any atom is -0.496 e. The molecule has 0 spiro atoms. The maximum absolute atomic E-state index is 12.4. The molecule has 21 heavy (non-hydrogen) atoms. The Morgan fingerprint density at radius 1 is 1.48 bits per heavy atom. The first-order valence-corrected chi connectivity index (χ1v) is 7.04. The highest BCUT2D eigenvalue weighted by Crippen LogP contribution is 2.25. The van der Waals surface area contributed by atoms with Crippen molar-refractivity contribution in [2.24, 2.45) is 0 Å². The zero-order valence-corrected chi connectivity index (χ0v) is 12.3. The number of hydrogen-bond donors (Lipinski definition) is 2. The minimum absolute atomic E-state index is 0.199. The molecule has 1 aromatic carbocycles. The molecule has 1 saturated heterocycles. The molecule has 1 heterocycles. The van der Waals surface area contributed by atoms with Crippen molar-refractivity contribution in [3.8, 4) is 5.75 Å². The molecule has 0 unspecified atom stereocenters. The monoisotopic (exact) mass is 292 g/mol. The molecule has 0 radical (unpaired) electrons. The molecule has 2 amide bonds. The third kappa shape index (κ3) is 3.00. The molecule has 0 aromatic heterocycles. The predicted molar refractivity (Wildman–Crippen MR) is 76.4 cm³/mol. The zero-order chi connectivity index (χ0) is 15.4. The molecule has 2 N–H and O–H groups in total. The summed E-state index contributed by atoms with van der Waals surface area (Å²) in [6.45, 7) is 2.58. The van der Waals surface area contributed by atoms with E-state index in [4.69, 9.17) is 9.94 Å². The molecule has 6 heteroatoms. The van der Waals surface area contributed by atoms with Crippen molar-refractivity contribution >= 4 is 11.8 Å². The van der Waals surface area contributed by atoms with Crippen LogP contribution in [0.4, 0.5) is 0 Å². The summed E-state index contributed by atoms with van der Waals surface area (Å²) in [6, 6.07) is 4.71. The van der Waals surface area contributed by atoms with Crippen LogP contribution in [0.15, 0.2) is 18.2 Å². The van der Waals surface area contributed by atoms with Gasteiger partial charge in [0.25, 0.3) is 11.8 Å². The molecular weight excluding hydrogens is 272 g/mol. The lowest BCUT2D eigenvalue weighted by molar-refractivity contribution is -0.137. The lowest BCUT2D eigenvalue weighted by Gasteiger charge is -2.39. The number of methoxy groups -OCH3 is 1. The van der Waals surface area contributed by atoms with Gasteiger partial charge in [-0.15, -0.1) is 0 Å². The van der Waals surface area contributed by atoms with Gasteiger partial charge < -0.3 is 9.64 Å². The van der Waals surface area contributed by atoms with E-state index < -0.39 is 11.9 Å². The van der Waals surface area contributed by atoms with Crippen LogP contribution in [0.1, 0.15) is 35.7 Å². The number of likely N-dealkylation sites (tertiary alicyclic amines) is 1. The van der Waals surface area contributed by atoms with Gasteiger partial charge in [0, 0.05) is 12.1 Å². The second-order valence-electron chi connectivity index (χ2n) is 5.06. The largest absolute Gasteiger partial charge is 0.496 e. The van der Waals surface area contributed by atoms with Gasteiger partial charge in [-0.3, -0.25) is 14.8 Å². The summed E-state index contributed by atoms with van der Waals surface area (Å²) in [6.07, 6.45) is 2.34. The van der Waals surface area contributed by atoms with Gasteiger partial charge in [0.05, 0.1) is 7.11 Å². The van der Waals surface area contributed by atoms with Crippen molar-refractivity contribution in [2.75, 3.05) is 13.7 Å². The summed E-state index contributed by atoms with van der Waals surface area (Å²) in [5, 5.41) is 8.67. The Morgan fingerprint density at radius 3 is 2.76 bits per heavy atom. The molecule has 1 aliphatic heterocycles. The van der Waals surface area contributed by atoms with E-state index in [9.17, 15) is 9.59 Å². The van der Waals surface area contributed by atoms with Crippen LogP contribution in [0, 0.1) is 0 Å². The highest BCUT2D eigenvalue weighted by molar-refractivity contribution is 5.98. The number of rotatable bonds is 5. The van der Waals surface area contributed by atoms with Gasteiger partial charge in [-0.05, 0) is 36.6 Å². The number of ether oxygens (including phenoxy) is 1. The van der Waals surface area contributed by atoms with Crippen molar-refractivity contribution in [1.82, 2.24) is 10.4 Å². The highest BCUT2D eigenvalue weighted by Gasteiger charge is 2.37. The number of aryl methyl sites for hydroxylation is 1. The third-order valence-electron chi connectivity index (χ3n) is 3.74. The minimum atomic E-state index is -0.584. The molecule has 1 fully saturated rings. The van der Waals surface area contributed by atoms with Crippen molar-refractivity contribution in [2.45, 2.75) is 32.2 Å². The van der Waals surface area contributed by atoms with Crippen LogP contribution in [0.5, 0.6) is 5.75 Å². The quantitative estimate of drug-likeness (QED) is 0.634. The fourth-order valence-electron chi connectivity index (χ4n) is 2.52. The molecule has 0 aliphatic carbocycles. The predicted octanol–water partition coefficient (Wildman–Crippen LogP) is 1.37. The summed E-state index contributed by atoms with van der Waals surface area (Å²) >= 11 is 0. The van der Waals surface area contributed by atoms with Crippen LogP contribution in [-0.2, 0) is 11.2 Å². The standard InChI is InChI=1S/C15H20N2O4/c1-3-4-10-9-11(5-6-13(10)21-2)15(19)17-8-7-12(17)14(18)16-20/h5-6,9,12,20H,3-4,7-8H2,1-2H3,(H,16,18)/t12-/m1/s1. The van der Waals surface area contributed by atoms with Gasteiger partial charge in [0.1, 0.15) is 11.8 Å². The normalized spacial score (nSPS) is 17.1. The van der Waals surface area contributed by atoms with Crippen molar-refractivity contribution in [3.05, 3.63) is 29.3 Å². The molecule has 114 valence electrons. The van der Waals surface area contributed by atoms with Crippen LogP contribution in [-0.4, -0.2) is 41.6 Å². The highest BCUT2D eigenvalue weighted by atomic mass is 16.5. The van der Waals surface area contributed by atoms with Crippen LogP contribution < -0.4 is 10.2 Å². The number of hydrogen-bond acceptors (Lipinski definition) is 4. The smallest absolute Gasteiger partial charge is 0.266 e. The van der Waals surface area contributed by atoms with Crippen molar-refractivity contribution in [3.63, 3.8) is 0 Å². The molecule has 2 rings (SSSR count). The van der Waals surface area contributed by atoms with E-state index in [0.29, 0.717) is 18.5 Å². The summed E-state index contributed by atoms with van der Waals surface area (Å²) in [4.78, 5) is 25.3. The van der Waals surface area contributed by atoms with E-state index in [-0.39, 0.29) is 5.91 Å². The number of carbonyl (C=O) groups excluding carboxylic acids is 2. The summed E-state index contributed by atoms with van der Waals surface area (Å²) in [5.74, 6) is 0.0217. The first-order chi connectivity index (χ1) is 10.1. The summed E-state index contributed by atoms with van der Waals surface area (Å²) < 4.78 is 5.29. The Hall–Kier alpha value is -2.08. The van der Waals surface area contributed by atoms with E-state index in [1.165, 1.54) is 4.90 Å². The maximum Gasteiger partial charge on any atom is 0.266 e. The van der Waals surface area contributed by atoms with Crippen LogP contribution >= 0.6 is 0 Å². The fourth-order valence-corrected chi connectivity index (χ4v) is 2.52. The summed E-state index contributed by atoms with van der Waals surface area (Å²) in [7, 11) is 1.60. The number of nitrogens with one attached hydrogen (secondary N) is 1. The Labute approximate surface area is 123 Å². The van der Waals surface area contributed by atoms with E-state index in [0.717, 1.165) is 24.2 Å². The van der Waals surface area contributed by atoms with E-state index in [1.807, 2.05) is 6.07 Å². The Kier molecular flexibility index (Phi) is 4.80. The lowest BCUT2D eigenvalue weighted by Crippen LogP contribution is -2.57. The molecule has 0 saturated carbocycles. The van der Waals surface area contributed by atoms with E-state index in [2.05, 4.69) is 6.92 Å². The zero-order valence-electron chi connectivity index (χ0n) is 12.3. The average Bonchev–Trinajstić information content (AvgIpc) is 2.46. The first-order valence-electron chi connectivity index (χ1n) is 7.04. The maximum atomic E-state index is 12.4. The van der Waals surface area contributed by atoms with Gasteiger partial charge >= 0.3 is 0 Å². The average molecular weight is 292 g/mol. The number of benzene rings is 1. The first kappa shape index (κ1) is 15.3. The molecule has 6 nitrogen and oxygen atoms in total. The molecule has 0 bridgehead atoms. The lowest BCUT2D eigenvalue weighted by atomic mass is 9.99. The number of carbonyl (C=O) groups is 2. The molecular formula is C15H20N2O4. The number of hydroxylamine groups is 1. The van der Waals surface area contributed by atoms with Gasteiger partial charge in [-0.25, -0.2) is 5.48 Å². The topological polar surface area (TPSA) is 78.9 Å². The second-order valence-corrected chi connectivity index (χ2v) is 5.06. The Bertz CT molecular complexity index is 544. The Balaban J connectivity index is 2.19. The SMILES string of the molecule is CCCc1cc(C(=O)N2CC[C@@H]2C(=O)NO)ccc1OC. The molecule has 1 atom stereocenters. The van der Waals surface area contributed by atoms with Gasteiger partial charge in [0.15, 0.2) is 0 Å². The van der Waals surface area contributed by atoms with Gasteiger partial charge in [-0.1, -0.05) is 13.3 Å². The van der Waals surface area contributed by atoms with E-state index in [1.54, 1.807) is 24.7 Å². The van der Waals surface area contributed by atoms with Gasteiger partial charge in [-0.2, -0.15) is 0 Å². The van der Waals surface area contributed by atoms with Crippen LogP contribution in [0.25, 0.3) is 0 Å². The van der Waals surface area contributed by atoms with Gasteiger partial charge in [0.2, 0.25) is 0 Å². The van der Waals surface area contributed by atoms with E-state index >= 15 is 0 Å². The summed E-state index contributed by atoms with van der Waals surface area (Å²) in [5.41, 5.74) is 3.12. The Morgan fingerprint density at radius 2 is 2.24 bits per heavy atom. The second kappa shape index (κ2) is 6.58. The van der Waals surface area contributed by atoms with Crippen LogP contribution in [0.2, 0.25) is 0 Å². The number of amides is 2. The fraction of sp³-hybridized carbons (Fsp3) is 0.467. The van der Waals surface area contributed by atoms with Crippen LogP contribution in [0.3, 0.4) is 0 Å². The molecule has 1 aromatic rings. The van der Waals surface area contributed by atoms with Crippen molar-refractivity contribution < 1.29 is 19.5 Å². The molecule has 1 aliphatic rings.